The van der Waals surface area contributed by atoms with Crippen LogP contribution in [0.15, 0.2) is 34.5 Å². The Bertz CT molecular complexity index is 740. The van der Waals surface area contributed by atoms with Crippen molar-refractivity contribution in [3.63, 3.8) is 0 Å². The van der Waals surface area contributed by atoms with Gasteiger partial charge in [0.2, 0.25) is 0 Å². The molecule has 0 saturated carbocycles. The minimum absolute atomic E-state index is 0.167. The molecular weight excluding hydrogens is 314 g/mol. The Morgan fingerprint density at radius 1 is 1.38 bits per heavy atom. The lowest BCUT2D eigenvalue weighted by Crippen LogP contribution is -2.35. The number of benzene rings is 1. The average Bonchev–Trinajstić information content (AvgIpc) is 2.79. The lowest BCUT2D eigenvalue weighted by atomic mass is 10.0. The number of rotatable bonds is 3. The predicted octanol–water partition coefficient (Wildman–Crippen LogP) is 0.0822. The summed E-state index contributed by atoms with van der Waals surface area (Å²) in [5.41, 5.74) is 1.60. The first-order valence-electron chi connectivity index (χ1n) is 7.35. The van der Waals surface area contributed by atoms with Gasteiger partial charge in [-0.1, -0.05) is 0 Å². The Kier molecular flexibility index (Phi) is 4.51. The van der Waals surface area contributed by atoms with Gasteiger partial charge in [-0.2, -0.15) is 5.26 Å². The molecule has 0 aliphatic carbocycles. The number of nitriles is 1. The molecule has 1 saturated heterocycles. The smallest absolute Gasteiger partial charge is 0.128 e. The van der Waals surface area contributed by atoms with Crippen LogP contribution < -0.4 is 10.1 Å². The minimum Gasteiger partial charge on any atom is -0.497 e. The molecule has 4 N–H and O–H groups in total. The van der Waals surface area contributed by atoms with E-state index in [2.05, 4.69) is 10.3 Å². The average molecular weight is 331 g/mol. The number of aliphatic hydroxyl groups excluding tert-OH is 3. The lowest BCUT2D eigenvalue weighted by Gasteiger charge is -2.21. The van der Waals surface area contributed by atoms with Crippen LogP contribution in [-0.2, 0) is 4.74 Å². The van der Waals surface area contributed by atoms with Crippen molar-refractivity contribution in [1.29, 1.82) is 5.26 Å². The molecule has 1 aromatic rings. The van der Waals surface area contributed by atoms with Gasteiger partial charge in [0.15, 0.2) is 0 Å². The van der Waals surface area contributed by atoms with E-state index in [1.807, 2.05) is 6.07 Å². The van der Waals surface area contributed by atoms with Gasteiger partial charge in [-0.3, -0.25) is 4.99 Å². The number of aliphatic imine (C=N–C) groups is 1. The SMILES string of the molecule is COc1ccc2c(c1)NC([C@@H]1O[C@H](CO)[C@@H](O)[C@H]1O)=C(C#N)C=N2. The zero-order valence-electron chi connectivity index (χ0n) is 12.9. The number of aliphatic hydroxyl groups is 3. The van der Waals surface area contributed by atoms with Crippen LogP contribution in [0.1, 0.15) is 0 Å². The highest BCUT2D eigenvalue weighted by Gasteiger charge is 2.45. The van der Waals surface area contributed by atoms with Crippen molar-refractivity contribution < 1.29 is 24.8 Å². The van der Waals surface area contributed by atoms with Gasteiger partial charge >= 0.3 is 0 Å². The maximum atomic E-state index is 10.2. The summed E-state index contributed by atoms with van der Waals surface area (Å²) in [4.78, 5) is 4.25. The molecule has 1 aromatic carbocycles. The molecule has 24 heavy (non-hydrogen) atoms. The highest BCUT2D eigenvalue weighted by molar-refractivity contribution is 5.92. The third-order valence-electron chi connectivity index (χ3n) is 4.04. The Hall–Kier alpha value is -2.44. The monoisotopic (exact) mass is 331 g/mol. The van der Waals surface area contributed by atoms with Crippen LogP contribution in [0.3, 0.4) is 0 Å². The Balaban J connectivity index is 2.01. The Labute approximate surface area is 138 Å². The van der Waals surface area contributed by atoms with Crippen molar-refractivity contribution in [2.75, 3.05) is 19.0 Å². The van der Waals surface area contributed by atoms with E-state index < -0.39 is 31.0 Å². The highest BCUT2D eigenvalue weighted by atomic mass is 16.6. The second-order valence-electron chi connectivity index (χ2n) is 5.46. The Morgan fingerprint density at radius 3 is 2.79 bits per heavy atom. The zero-order chi connectivity index (χ0) is 17.3. The molecule has 0 radical (unpaired) electrons. The fourth-order valence-corrected chi connectivity index (χ4v) is 2.72. The molecule has 8 nitrogen and oxygen atoms in total. The van der Waals surface area contributed by atoms with E-state index in [0.717, 1.165) is 0 Å². The van der Waals surface area contributed by atoms with E-state index in [1.165, 1.54) is 13.3 Å². The molecule has 8 heteroatoms. The van der Waals surface area contributed by atoms with Crippen LogP contribution in [0.5, 0.6) is 5.75 Å². The molecule has 2 heterocycles. The first kappa shape index (κ1) is 16.4. The molecule has 126 valence electrons. The van der Waals surface area contributed by atoms with Crippen LogP contribution in [0, 0.1) is 11.3 Å². The summed E-state index contributed by atoms with van der Waals surface area (Å²) >= 11 is 0. The van der Waals surface area contributed by atoms with E-state index in [1.54, 1.807) is 18.2 Å². The molecule has 3 rings (SSSR count). The number of nitrogens with one attached hydrogen (secondary N) is 1. The number of methoxy groups -OCH3 is 1. The molecule has 0 amide bonds. The number of anilines is 1. The summed E-state index contributed by atoms with van der Waals surface area (Å²) in [5, 5.41) is 41.8. The fraction of sp³-hybridized carbons (Fsp3) is 0.375. The number of allylic oxidation sites excluding steroid dienone is 1. The van der Waals surface area contributed by atoms with Crippen LogP contribution in [0.4, 0.5) is 11.4 Å². The zero-order valence-corrected chi connectivity index (χ0v) is 12.9. The molecule has 0 spiro atoms. The molecule has 2 aliphatic heterocycles. The summed E-state index contributed by atoms with van der Waals surface area (Å²) in [7, 11) is 1.53. The first-order valence-corrected chi connectivity index (χ1v) is 7.35. The molecule has 0 bridgehead atoms. The third-order valence-corrected chi connectivity index (χ3v) is 4.04. The quantitative estimate of drug-likeness (QED) is 0.618. The van der Waals surface area contributed by atoms with Crippen molar-refractivity contribution in [3.05, 3.63) is 29.5 Å². The first-order chi connectivity index (χ1) is 11.6. The van der Waals surface area contributed by atoms with Gasteiger partial charge in [0.05, 0.1) is 36.4 Å². The van der Waals surface area contributed by atoms with Crippen LogP contribution >= 0.6 is 0 Å². The summed E-state index contributed by atoms with van der Waals surface area (Å²) in [6.45, 7) is -0.442. The van der Waals surface area contributed by atoms with Crippen LogP contribution in [0.2, 0.25) is 0 Å². The van der Waals surface area contributed by atoms with Gasteiger partial charge in [0.1, 0.15) is 36.2 Å². The van der Waals surface area contributed by atoms with Crippen molar-refractivity contribution in [2.24, 2.45) is 4.99 Å². The molecule has 1 fully saturated rings. The molecule has 4 atom stereocenters. The van der Waals surface area contributed by atoms with Crippen molar-refractivity contribution in [3.8, 4) is 11.8 Å². The van der Waals surface area contributed by atoms with Gasteiger partial charge < -0.3 is 30.1 Å². The van der Waals surface area contributed by atoms with Gasteiger partial charge in [-0.15, -0.1) is 0 Å². The third kappa shape index (κ3) is 2.74. The van der Waals surface area contributed by atoms with Crippen LogP contribution in [0.25, 0.3) is 0 Å². The fourth-order valence-electron chi connectivity index (χ4n) is 2.72. The van der Waals surface area contributed by atoms with E-state index in [-0.39, 0.29) is 11.3 Å². The van der Waals surface area contributed by atoms with Crippen molar-refractivity contribution >= 4 is 17.6 Å². The minimum atomic E-state index is -1.28. The summed E-state index contributed by atoms with van der Waals surface area (Å²) in [6.07, 6.45) is -3.08. The van der Waals surface area contributed by atoms with Gasteiger partial charge in [-0.05, 0) is 12.1 Å². The van der Waals surface area contributed by atoms with Crippen molar-refractivity contribution in [1.82, 2.24) is 0 Å². The van der Waals surface area contributed by atoms with E-state index in [9.17, 15) is 20.6 Å². The van der Waals surface area contributed by atoms with Gasteiger partial charge in [-0.25, -0.2) is 0 Å². The van der Waals surface area contributed by atoms with Gasteiger partial charge in [0.25, 0.3) is 0 Å². The maximum Gasteiger partial charge on any atom is 0.128 e. The highest BCUT2D eigenvalue weighted by Crippen LogP contribution is 2.36. The molecule has 0 aromatic heterocycles. The Morgan fingerprint density at radius 2 is 2.17 bits per heavy atom. The van der Waals surface area contributed by atoms with E-state index in [0.29, 0.717) is 17.1 Å². The summed E-state index contributed by atoms with van der Waals surface area (Å²) in [5.74, 6) is 0.595. The van der Waals surface area contributed by atoms with E-state index >= 15 is 0 Å². The topological polar surface area (TPSA) is 127 Å². The molecule has 0 unspecified atom stereocenters. The number of hydrogen-bond acceptors (Lipinski definition) is 8. The number of hydrogen-bond donors (Lipinski definition) is 4. The summed E-state index contributed by atoms with van der Waals surface area (Å²) in [6, 6.07) is 7.17. The largest absolute Gasteiger partial charge is 0.497 e. The number of fused-ring (bicyclic) bond motifs is 1. The maximum absolute atomic E-state index is 10.2. The normalized spacial score (nSPS) is 28.8. The number of nitrogens with zero attached hydrogens (tertiary/aromatic N) is 2. The lowest BCUT2D eigenvalue weighted by molar-refractivity contribution is -0.0137. The van der Waals surface area contributed by atoms with Gasteiger partial charge in [0, 0.05) is 12.3 Å². The molecule has 2 aliphatic rings. The van der Waals surface area contributed by atoms with E-state index in [4.69, 9.17) is 9.47 Å². The second kappa shape index (κ2) is 6.59. The van der Waals surface area contributed by atoms with Crippen LogP contribution in [-0.4, -0.2) is 59.7 Å². The second-order valence-corrected chi connectivity index (χ2v) is 5.46. The summed E-state index contributed by atoms with van der Waals surface area (Å²) < 4.78 is 10.7. The number of ether oxygens (including phenoxy) is 2. The van der Waals surface area contributed by atoms with Crippen molar-refractivity contribution in [2.45, 2.75) is 24.4 Å². The standard InChI is InChI=1S/C16H17N3O5/c1-23-9-2-3-10-11(4-9)19-13(8(5-17)6-18-10)16-15(22)14(21)12(7-20)24-16/h2-4,6,12,14-16,19-22H,7H2,1H3/t12-,14-,15-,16+/m1/s1. The molecular formula is C16H17N3O5. The predicted molar refractivity (Wildman–Crippen MR) is 85.2 cm³/mol.